The van der Waals surface area contributed by atoms with Gasteiger partial charge < -0.3 is 24.8 Å². The number of rotatable bonds is 8. The molecule has 0 aliphatic carbocycles. The quantitative estimate of drug-likeness (QED) is 0.353. The van der Waals surface area contributed by atoms with Crippen LogP contribution in [0.5, 0.6) is 11.5 Å². The molecule has 1 atom stereocenters. The highest BCUT2D eigenvalue weighted by molar-refractivity contribution is 6.32. The van der Waals surface area contributed by atoms with Crippen molar-refractivity contribution in [3.63, 3.8) is 0 Å². The van der Waals surface area contributed by atoms with Crippen LogP contribution < -0.4 is 14.8 Å². The number of anilines is 2. The Hall–Kier alpha value is -3.95. The molecule has 0 spiro atoms. The third kappa shape index (κ3) is 6.07. The van der Waals surface area contributed by atoms with Crippen molar-refractivity contribution in [2.24, 2.45) is 0 Å². The Bertz CT molecular complexity index is 1390. The number of amides is 1. The summed E-state index contributed by atoms with van der Waals surface area (Å²) in [6.07, 6.45) is 4.72. The first kappa shape index (κ1) is 24.7. The van der Waals surface area contributed by atoms with Crippen LogP contribution in [0.4, 0.5) is 11.5 Å². The van der Waals surface area contributed by atoms with E-state index in [1.807, 2.05) is 42.5 Å². The summed E-state index contributed by atoms with van der Waals surface area (Å²) in [5.41, 5.74) is 2.31. The van der Waals surface area contributed by atoms with Crippen molar-refractivity contribution in [2.45, 2.75) is 25.6 Å². The summed E-state index contributed by atoms with van der Waals surface area (Å²) in [5, 5.41) is 13.7. The number of likely N-dealkylation sites (tertiary alicyclic amines) is 1. The van der Waals surface area contributed by atoms with Crippen molar-refractivity contribution in [2.75, 3.05) is 25.0 Å². The number of nitrogens with zero attached hydrogens (tertiary/aromatic N) is 4. The Balaban J connectivity index is 1.30. The fourth-order valence-corrected chi connectivity index (χ4v) is 4.46. The highest BCUT2D eigenvalue weighted by atomic mass is 35.5. The first-order valence-corrected chi connectivity index (χ1v) is 12.4. The van der Waals surface area contributed by atoms with Gasteiger partial charge in [0.2, 0.25) is 5.91 Å². The molecule has 9 nitrogen and oxygen atoms in total. The molecule has 2 aromatic carbocycles. The Labute approximate surface area is 219 Å². The van der Waals surface area contributed by atoms with Crippen molar-refractivity contribution >= 4 is 39.9 Å². The van der Waals surface area contributed by atoms with Crippen molar-refractivity contribution in [1.29, 1.82) is 0 Å². The van der Waals surface area contributed by atoms with Crippen molar-refractivity contribution < 1.29 is 19.4 Å². The van der Waals surface area contributed by atoms with Gasteiger partial charge in [0.1, 0.15) is 43.0 Å². The molecule has 0 radical (unpaired) electrons. The molecular formula is C27H26ClN5O4. The van der Waals surface area contributed by atoms with Crippen molar-refractivity contribution in [1.82, 2.24) is 19.9 Å². The predicted octanol–water partition coefficient (Wildman–Crippen LogP) is 4.36. The third-order valence-corrected chi connectivity index (χ3v) is 6.37. The van der Waals surface area contributed by atoms with Crippen LogP contribution in [0.2, 0.25) is 5.02 Å². The number of aliphatic hydroxyl groups is 1. The van der Waals surface area contributed by atoms with Crippen LogP contribution in [-0.4, -0.2) is 56.7 Å². The summed E-state index contributed by atoms with van der Waals surface area (Å²) in [4.78, 5) is 26.6. The average molecular weight is 520 g/mol. The highest BCUT2D eigenvalue weighted by Crippen LogP contribution is 2.32. The van der Waals surface area contributed by atoms with Crippen LogP contribution in [0.15, 0.2) is 67.1 Å². The SMILES string of the molecule is O=C(CO)N1CCC[C@H](Oc2ccc3ncnc(Nc4ccc(OCc5ccccn5)c(Cl)c4)c3c2)C1. The van der Waals surface area contributed by atoms with Gasteiger partial charge in [-0.25, -0.2) is 9.97 Å². The number of pyridine rings is 1. The lowest BCUT2D eigenvalue weighted by atomic mass is 10.1. The fourth-order valence-electron chi connectivity index (χ4n) is 4.23. The summed E-state index contributed by atoms with van der Waals surface area (Å²) in [6.45, 7) is 0.908. The van der Waals surface area contributed by atoms with Crippen LogP contribution in [0.1, 0.15) is 18.5 Å². The minimum atomic E-state index is -0.490. The van der Waals surface area contributed by atoms with E-state index in [1.165, 1.54) is 6.33 Å². The monoisotopic (exact) mass is 519 g/mol. The van der Waals surface area contributed by atoms with Crippen LogP contribution in [0, 0.1) is 0 Å². The Morgan fingerprint density at radius 1 is 1.14 bits per heavy atom. The number of nitrogens with one attached hydrogen (secondary N) is 1. The van der Waals surface area contributed by atoms with Gasteiger partial charge in [-0.3, -0.25) is 9.78 Å². The second-order valence-corrected chi connectivity index (χ2v) is 9.07. The molecule has 1 aliphatic heterocycles. The third-order valence-electron chi connectivity index (χ3n) is 6.07. The lowest BCUT2D eigenvalue weighted by molar-refractivity contribution is -0.136. The maximum Gasteiger partial charge on any atom is 0.248 e. The molecule has 190 valence electrons. The average Bonchev–Trinajstić information content (AvgIpc) is 2.93. The maximum atomic E-state index is 11.9. The van der Waals surface area contributed by atoms with Gasteiger partial charge >= 0.3 is 0 Å². The molecule has 0 bridgehead atoms. The van der Waals surface area contributed by atoms with E-state index in [0.717, 1.165) is 35.1 Å². The van der Waals surface area contributed by atoms with E-state index in [9.17, 15) is 4.79 Å². The number of fused-ring (bicyclic) bond motifs is 1. The first-order chi connectivity index (χ1) is 18.1. The number of piperidine rings is 1. The van der Waals surface area contributed by atoms with Crippen LogP contribution in [-0.2, 0) is 11.4 Å². The van der Waals surface area contributed by atoms with E-state index >= 15 is 0 Å². The molecule has 2 aromatic heterocycles. The summed E-state index contributed by atoms with van der Waals surface area (Å²) in [7, 11) is 0. The second-order valence-electron chi connectivity index (χ2n) is 8.66. The van der Waals surface area contributed by atoms with Crippen LogP contribution in [0.3, 0.4) is 0 Å². The lowest BCUT2D eigenvalue weighted by Gasteiger charge is -2.32. The second kappa shape index (κ2) is 11.4. The Kier molecular flexibility index (Phi) is 7.62. The number of carbonyl (C=O) groups is 1. The summed E-state index contributed by atoms with van der Waals surface area (Å²) in [5.74, 6) is 1.54. The molecule has 1 fully saturated rings. The zero-order valence-electron chi connectivity index (χ0n) is 20.0. The van der Waals surface area contributed by atoms with E-state index in [1.54, 1.807) is 23.2 Å². The van der Waals surface area contributed by atoms with E-state index in [4.69, 9.17) is 26.2 Å². The molecule has 0 unspecified atom stereocenters. The van der Waals surface area contributed by atoms with Gasteiger partial charge in [-0.2, -0.15) is 0 Å². The van der Waals surface area contributed by atoms with Gasteiger partial charge in [-0.1, -0.05) is 17.7 Å². The molecule has 1 saturated heterocycles. The molecule has 4 aromatic rings. The smallest absolute Gasteiger partial charge is 0.248 e. The molecule has 1 amide bonds. The molecule has 2 N–H and O–H groups in total. The highest BCUT2D eigenvalue weighted by Gasteiger charge is 2.24. The summed E-state index contributed by atoms with van der Waals surface area (Å²) >= 11 is 6.48. The lowest BCUT2D eigenvalue weighted by Crippen LogP contribution is -2.45. The van der Waals surface area contributed by atoms with Crippen molar-refractivity contribution in [3.05, 3.63) is 77.8 Å². The number of aliphatic hydroxyl groups excluding tert-OH is 1. The Morgan fingerprint density at radius 3 is 2.86 bits per heavy atom. The van der Waals surface area contributed by atoms with E-state index in [2.05, 4.69) is 20.3 Å². The van der Waals surface area contributed by atoms with Gasteiger partial charge in [0.15, 0.2) is 0 Å². The number of hydrogen-bond acceptors (Lipinski definition) is 8. The minimum absolute atomic E-state index is 0.153. The van der Waals surface area contributed by atoms with Gasteiger partial charge in [0.05, 0.1) is 22.8 Å². The number of halogens is 1. The predicted molar refractivity (Wildman–Crippen MR) is 140 cm³/mol. The molecular weight excluding hydrogens is 494 g/mol. The summed E-state index contributed by atoms with van der Waals surface area (Å²) in [6, 6.07) is 16.7. The molecule has 37 heavy (non-hydrogen) atoms. The minimum Gasteiger partial charge on any atom is -0.489 e. The van der Waals surface area contributed by atoms with Crippen molar-refractivity contribution in [3.8, 4) is 11.5 Å². The molecule has 10 heteroatoms. The topological polar surface area (TPSA) is 110 Å². The van der Waals surface area contributed by atoms with Gasteiger partial charge in [0.25, 0.3) is 0 Å². The number of hydrogen-bond donors (Lipinski definition) is 2. The van der Waals surface area contributed by atoms with E-state index in [0.29, 0.717) is 42.0 Å². The Morgan fingerprint density at radius 2 is 2.05 bits per heavy atom. The molecule has 0 saturated carbocycles. The van der Waals surface area contributed by atoms with Gasteiger partial charge in [0, 0.05) is 23.8 Å². The first-order valence-electron chi connectivity index (χ1n) is 12.0. The zero-order valence-corrected chi connectivity index (χ0v) is 20.8. The van der Waals surface area contributed by atoms with Gasteiger partial charge in [-0.15, -0.1) is 0 Å². The molecule has 5 rings (SSSR count). The fraction of sp³-hybridized carbons (Fsp3) is 0.259. The molecule has 1 aliphatic rings. The summed E-state index contributed by atoms with van der Waals surface area (Å²) < 4.78 is 12.0. The standard InChI is InChI=1S/C27H26ClN5O4/c28-23-12-18(6-9-25(23)36-16-19-4-1-2-10-29-19)32-27-22-13-20(7-8-24(22)30-17-31-27)37-21-5-3-11-33(14-21)26(35)15-34/h1-2,4,6-10,12-13,17,21,34H,3,5,11,14-16H2,(H,30,31,32)/t21-/m0/s1. The van der Waals surface area contributed by atoms with E-state index < -0.39 is 6.61 Å². The van der Waals surface area contributed by atoms with Crippen LogP contribution >= 0.6 is 11.6 Å². The number of ether oxygens (including phenoxy) is 2. The molecule has 3 heterocycles. The number of aromatic nitrogens is 3. The van der Waals surface area contributed by atoms with Gasteiger partial charge in [-0.05, 0) is 61.4 Å². The number of carbonyl (C=O) groups excluding carboxylic acids is 1. The maximum absolute atomic E-state index is 11.9. The van der Waals surface area contributed by atoms with Crippen LogP contribution in [0.25, 0.3) is 10.9 Å². The number of benzene rings is 2. The zero-order chi connectivity index (χ0) is 25.6. The largest absolute Gasteiger partial charge is 0.489 e. The van der Waals surface area contributed by atoms with E-state index in [-0.39, 0.29) is 12.0 Å². The normalized spacial score (nSPS) is 15.4.